The minimum Gasteiger partial charge on any atom is -0.496 e. The first-order valence-electron chi connectivity index (χ1n) is 13.5. The summed E-state index contributed by atoms with van der Waals surface area (Å²) in [5, 5.41) is 14.1. The maximum Gasteiger partial charge on any atom is 0.127 e. The van der Waals surface area contributed by atoms with Gasteiger partial charge in [-0.1, -0.05) is 37.1 Å². The fourth-order valence-corrected chi connectivity index (χ4v) is 4.60. The van der Waals surface area contributed by atoms with Crippen LogP contribution in [0.5, 0.6) is 5.75 Å². The summed E-state index contributed by atoms with van der Waals surface area (Å²) in [6.07, 6.45) is 8.06. The third kappa shape index (κ3) is 10.2. The van der Waals surface area contributed by atoms with E-state index in [1.165, 1.54) is 30.4 Å². The number of hydrogen-bond acceptors (Lipinski definition) is 5. The van der Waals surface area contributed by atoms with Gasteiger partial charge in [-0.25, -0.2) is 0 Å². The molecule has 1 unspecified atom stereocenters. The molecule has 0 radical (unpaired) electrons. The van der Waals surface area contributed by atoms with Crippen LogP contribution in [0.25, 0.3) is 0 Å². The maximum atomic E-state index is 10.6. The first-order valence-corrected chi connectivity index (χ1v) is 13.5. The van der Waals surface area contributed by atoms with Gasteiger partial charge in [0.25, 0.3) is 0 Å². The molecule has 2 N–H and O–H groups in total. The van der Waals surface area contributed by atoms with Crippen LogP contribution in [0, 0.1) is 13.8 Å². The van der Waals surface area contributed by atoms with E-state index in [4.69, 9.17) is 14.2 Å². The van der Waals surface area contributed by atoms with Crippen molar-refractivity contribution < 1.29 is 19.3 Å². The van der Waals surface area contributed by atoms with E-state index >= 15 is 0 Å². The van der Waals surface area contributed by atoms with E-state index in [1.54, 1.807) is 28.1 Å². The van der Waals surface area contributed by atoms with Crippen molar-refractivity contribution in [3.63, 3.8) is 0 Å². The van der Waals surface area contributed by atoms with Gasteiger partial charge in [-0.15, -0.1) is 0 Å². The summed E-state index contributed by atoms with van der Waals surface area (Å²) in [7, 11) is 3.38. The molecule has 0 heterocycles. The van der Waals surface area contributed by atoms with Crippen LogP contribution in [0.1, 0.15) is 86.3 Å². The molecule has 0 fully saturated rings. The largest absolute Gasteiger partial charge is 0.496 e. The van der Waals surface area contributed by atoms with Gasteiger partial charge >= 0.3 is 0 Å². The van der Waals surface area contributed by atoms with Crippen molar-refractivity contribution in [1.82, 2.24) is 5.32 Å². The number of aryl methyl sites for hydroxylation is 3. The minimum atomic E-state index is -0.983. The Morgan fingerprint density at radius 1 is 0.889 bits per heavy atom. The van der Waals surface area contributed by atoms with Gasteiger partial charge < -0.3 is 24.6 Å². The van der Waals surface area contributed by atoms with E-state index in [0.29, 0.717) is 0 Å². The van der Waals surface area contributed by atoms with E-state index in [1.807, 2.05) is 13.0 Å². The van der Waals surface area contributed by atoms with Crippen molar-refractivity contribution in [2.75, 3.05) is 40.5 Å². The number of ether oxygens (including phenoxy) is 3. The highest BCUT2D eigenvalue weighted by atomic mass is 16.5. The Labute approximate surface area is 219 Å². The van der Waals surface area contributed by atoms with E-state index in [-0.39, 0.29) is 6.10 Å². The van der Waals surface area contributed by atoms with Crippen molar-refractivity contribution in [3.05, 3.63) is 64.2 Å². The van der Waals surface area contributed by atoms with Gasteiger partial charge in [-0.2, -0.15) is 0 Å². The molecule has 0 aliphatic carbocycles. The zero-order valence-electron chi connectivity index (χ0n) is 23.5. The highest BCUT2D eigenvalue weighted by Crippen LogP contribution is 2.35. The van der Waals surface area contributed by atoms with Gasteiger partial charge in [-0.3, -0.25) is 0 Å². The van der Waals surface area contributed by atoms with Crippen LogP contribution < -0.4 is 10.1 Å². The van der Waals surface area contributed by atoms with Crippen LogP contribution in [-0.2, 0) is 21.5 Å². The molecule has 2 aromatic carbocycles. The number of rotatable bonds is 18. The molecule has 36 heavy (non-hydrogen) atoms. The van der Waals surface area contributed by atoms with Crippen LogP contribution in [0.2, 0.25) is 0 Å². The third-order valence-electron chi connectivity index (χ3n) is 6.78. The maximum absolute atomic E-state index is 10.6. The minimum absolute atomic E-state index is 0.0742. The second-order valence-corrected chi connectivity index (χ2v) is 10.3. The van der Waals surface area contributed by atoms with E-state index in [0.717, 1.165) is 74.4 Å². The molecule has 0 aliphatic heterocycles. The Morgan fingerprint density at radius 2 is 1.58 bits per heavy atom. The fourth-order valence-electron chi connectivity index (χ4n) is 4.60. The summed E-state index contributed by atoms with van der Waals surface area (Å²) in [5.74, 6) is 0.736. The Bertz CT molecular complexity index is 891. The number of nitrogens with one attached hydrogen (secondary N) is 1. The van der Waals surface area contributed by atoms with Crippen LogP contribution in [0.15, 0.2) is 36.4 Å². The number of benzene rings is 2. The van der Waals surface area contributed by atoms with Crippen LogP contribution in [-0.4, -0.2) is 45.6 Å². The molecule has 0 bridgehead atoms. The van der Waals surface area contributed by atoms with E-state index in [2.05, 4.69) is 42.6 Å². The van der Waals surface area contributed by atoms with E-state index in [9.17, 15) is 5.11 Å². The van der Waals surface area contributed by atoms with Gasteiger partial charge in [-0.05, 0) is 101 Å². The van der Waals surface area contributed by atoms with Crippen molar-refractivity contribution in [2.24, 2.45) is 0 Å². The predicted molar refractivity (Wildman–Crippen MR) is 149 cm³/mol. The summed E-state index contributed by atoms with van der Waals surface area (Å²) in [5.41, 5.74) is 4.71. The molecule has 2 aromatic rings. The lowest BCUT2D eigenvalue weighted by molar-refractivity contribution is 0.0740. The molecule has 1 atom stereocenters. The van der Waals surface area contributed by atoms with Crippen molar-refractivity contribution >= 4 is 0 Å². The van der Waals surface area contributed by atoms with Gasteiger partial charge in [0, 0.05) is 32.4 Å². The van der Waals surface area contributed by atoms with Crippen LogP contribution in [0.3, 0.4) is 0 Å². The lowest BCUT2D eigenvalue weighted by Gasteiger charge is -2.25. The molecule has 0 aromatic heterocycles. The zero-order chi connectivity index (χ0) is 26.4. The predicted octanol–water partition coefficient (Wildman–Crippen LogP) is 6.42. The Kier molecular flexibility index (Phi) is 13.5. The average Bonchev–Trinajstić information content (AvgIpc) is 2.84. The smallest absolute Gasteiger partial charge is 0.127 e. The molecular formula is C31H49NO4. The summed E-state index contributed by atoms with van der Waals surface area (Å²) < 4.78 is 17.1. The fraction of sp³-hybridized carbons (Fsp3) is 0.613. The number of aliphatic hydroxyl groups is 1. The summed E-state index contributed by atoms with van der Waals surface area (Å²) in [6, 6.07) is 12.7. The quantitative estimate of drug-likeness (QED) is 0.232. The van der Waals surface area contributed by atoms with Crippen molar-refractivity contribution in [2.45, 2.75) is 84.3 Å². The molecule has 0 saturated carbocycles. The third-order valence-corrected chi connectivity index (χ3v) is 6.78. The summed E-state index contributed by atoms with van der Waals surface area (Å²) in [4.78, 5) is 0. The molecule has 0 saturated heterocycles. The second-order valence-electron chi connectivity index (χ2n) is 10.3. The van der Waals surface area contributed by atoms with Crippen molar-refractivity contribution in [1.29, 1.82) is 0 Å². The number of methoxy groups -OCH3 is 2. The topological polar surface area (TPSA) is 60.0 Å². The molecule has 5 nitrogen and oxygen atoms in total. The average molecular weight is 500 g/mol. The number of unbranched alkanes of at least 4 members (excludes halogenated alkanes) is 4. The van der Waals surface area contributed by atoms with E-state index < -0.39 is 5.60 Å². The van der Waals surface area contributed by atoms with Crippen LogP contribution in [0.4, 0.5) is 0 Å². The first kappa shape index (κ1) is 30.3. The van der Waals surface area contributed by atoms with Gasteiger partial charge in [0.1, 0.15) is 5.75 Å². The van der Waals surface area contributed by atoms with Gasteiger partial charge in [0.2, 0.25) is 0 Å². The summed E-state index contributed by atoms with van der Waals surface area (Å²) in [6.45, 7) is 11.2. The second kappa shape index (κ2) is 16.0. The SMILES string of the molecule is COc1c(C)cc(C(CNCCCCCCOCCCCc2ccccc2C)OC)cc1C(C)(C)O. The van der Waals surface area contributed by atoms with Gasteiger partial charge in [0.05, 0.1) is 18.8 Å². The molecule has 202 valence electrons. The zero-order valence-corrected chi connectivity index (χ0v) is 23.5. The molecule has 0 aliphatic rings. The van der Waals surface area contributed by atoms with Gasteiger partial charge in [0.15, 0.2) is 0 Å². The lowest BCUT2D eigenvalue weighted by Crippen LogP contribution is -2.25. The Morgan fingerprint density at radius 3 is 2.25 bits per heavy atom. The Hall–Kier alpha value is -1.92. The molecule has 0 amide bonds. The standard InChI is InChI=1S/C31H49NO4/c1-24-15-9-10-16-26(24)17-11-14-20-36-19-13-8-7-12-18-32-23-29(34-5)27-21-25(2)30(35-6)28(22-27)31(3,4)33/h9-10,15-16,21-22,29,32-33H,7-8,11-14,17-20,23H2,1-6H3. The summed E-state index contributed by atoms with van der Waals surface area (Å²) >= 11 is 0. The normalized spacial score (nSPS) is 12.6. The molecular weight excluding hydrogens is 450 g/mol. The van der Waals surface area contributed by atoms with Crippen molar-refractivity contribution in [3.8, 4) is 5.75 Å². The molecule has 0 spiro atoms. The Balaban J connectivity index is 1.56. The lowest BCUT2D eigenvalue weighted by atomic mass is 9.91. The monoisotopic (exact) mass is 499 g/mol. The first-order chi connectivity index (χ1) is 17.3. The molecule has 5 heteroatoms. The van der Waals surface area contributed by atoms with Crippen LogP contribution >= 0.6 is 0 Å². The highest BCUT2D eigenvalue weighted by Gasteiger charge is 2.25. The highest BCUT2D eigenvalue weighted by molar-refractivity contribution is 5.47. The number of hydrogen-bond donors (Lipinski definition) is 2. The molecule has 2 rings (SSSR count).